The molecule has 0 spiro atoms. The fourth-order valence-electron chi connectivity index (χ4n) is 1.35. The Morgan fingerprint density at radius 3 is 1.22 bits per heavy atom. The molecule has 0 aromatic heterocycles. The van der Waals surface area contributed by atoms with Gasteiger partial charge in [-0.2, -0.15) is 0 Å². The van der Waals surface area contributed by atoms with Crippen LogP contribution in [0.25, 0.3) is 0 Å². The monoisotopic (exact) mass is 246 g/mol. The second kappa shape index (κ2) is 10.2. The van der Waals surface area contributed by atoms with Crippen molar-refractivity contribution in [3.63, 3.8) is 0 Å². The van der Waals surface area contributed by atoms with Gasteiger partial charge in [-0.05, 0) is 0 Å². The Labute approximate surface area is 107 Å². The summed E-state index contributed by atoms with van der Waals surface area (Å²) in [5.41, 5.74) is 1.47. The predicted molar refractivity (Wildman–Crippen MR) is 72.6 cm³/mol. The summed E-state index contributed by atoms with van der Waals surface area (Å²) >= 11 is 0. The van der Waals surface area contributed by atoms with Gasteiger partial charge in [-0.1, -0.05) is 60.7 Å². The molecule has 0 fully saturated rings. The summed E-state index contributed by atoms with van der Waals surface area (Å²) in [5.74, 6) is 0.0752. The first kappa shape index (κ1) is 16.0. The second-order valence-corrected chi connectivity index (χ2v) is 3.06. The molecule has 18 heavy (non-hydrogen) atoms. The number of carbonyl (C=O) groups excluding carboxylic acids is 1. The lowest BCUT2D eigenvalue weighted by Crippen LogP contribution is -1.99. The maximum absolute atomic E-state index is 11.8. The fraction of sp³-hybridized carbons (Fsp3) is 0.133. The molecule has 0 bridgehead atoms. The first-order valence-corrected chi connectivity index (χ1v) is 5.42. The summed E-state index contributed by atoms with van der Waals surface area (Å²) in [6.07, 6.45) is 0. The number of aliphatic hydroxyl groups excluding tert-OH is 2. The van der Waals surface area contributed by atoms with Crippen molar-refractivity contribution in [1.29, 1.82) is 0 Å². The maximum atomic E-state index is 11.8. The Morgan fingerprint density at radius 1 is 0.667 bits per heavy atom. The van der Waals surface area contributed by atoms with Gasteiger partial charge >= 0.3 is 0 Å². The van der Waals surface area contributed by atoms with Crippen LogP contribution in [0.5, 0.6) is 0 Å². The normalized spacial score (nSPS) is 8.22. The predicted octanol–water partition coefficient (Wildman–Crippen LogP) is 2.13. The molecule has 0 atom stereocenters. The topological polar surface area (TPSA) is 57.5 Å². The molecular weight excluding hydrogens is 228 g/mol. The number of rotatable bonds is 2. The molecular formula is C15H18O3. The molecule has 0 unspecified atom stereocenters. The Kier molecular flexibility index (Phi) is 9.08. The zero-order valence-electron chi connectivity index (χ0n) is 10.6. The van der Waals surface area contributed by atoms with Gasteiger partial charge in [-0.3, -0.25) is 4.79 Å². The minimum atomic E-state index is 0.0752. The quantitative estimate of drug-likeness (QED) is 0.798. The summed E-state index contributed by atoms with van der Waals surface area (Å²) in [5, 5.41) is 14.0. The highest BCUT2D eigenvalue weighted by molar-refractivity contribution is 6.08. The molecule has 0 aliphatic rings. The minimum absolute atomic E-state index is 0.0752. The Bertz CT molecular complexity index is 383. The zero-order valence-corrected chi connectivity index (χ0v) is 10.6. The van der Waals surface area contributed by atoms with Crippen molar-refractivity contribution in [2.24, 2.45) is 0 Å². The van der Waals surface area contributed by atoms with E-state index in [-0.39, 0.29) is 5.78 Å². The van der Waals surface area contributed by atoms with Gasteiger partial charge in [-0.25, -0.2) is 0 Å². The van der Waals surface area contributed by atoms with Crippen LogP contribution in [0.3, 0.4) is 0 Å². The average molecular weight is 246 g/mol. The van der Waals surface area contributed by atoms with E-state index in [9.17, 15) is 4.79 Å². The number of carbonyl (C=O) groups is 1. The third-order valence-corrected chi connectivity index (χ3v) is 2.07. The Morgan fingerprint density at radius 2 is 0.944 bits per heavy atom. The van der Waals surface area contributed by atoms with E-state index in [1.54, 1.807) is 0 Å². The van der Waals surface area contributed by atoms with Gasteiger partial charge in [0.25, 0.3) is 0 Å². The third kappa shape index (κ3) is 4.91. The van der Waals surface area contributed by atoms with E-state index in [1.807, 2.05) is 60.7 Å². The summed E-state index contributed by atoms with van der Waals surface area (Å²) in [6.45, 7) is 0. The third-order valence-electron chi connectivity index (χ3n) is 2.07. The van der Waals surface area contributed by atoms with E-state index in [4.69, 9.17) is 10.2 Å². The summed E-state index contributed by atoms with van der Waals surface area (Å²) < 4.78 is 0. The van der Waals surface area contributed by atoms with E-state index in [0.29, 0.717) is 0 Å². The minimum Gasteiger partial charge on any atom is -0.400 e. The van der Waals surface area contributed by atoms with Gasteiger partial charge in [0.1, 0.15) is 0 Å². The van der Waals surface area contributed by atoms with Crippen LogP contribution in [-0.4, -0.2) is 30.2 Å². The average Bonchev–Trinajstić information content (AvgIpc) is 2.52. The van der Waals surface area contributed by atoms with Gasteiger partial charge in [0.15, 0.2) is 5.78 Å². The number of aliphatic hydroxyl groups is 2. The van der Waals surface area contributed by atoms with Crippen molar-refractivity contribution in [3.8, 4) is 0 Å². The first-order valence-electron chi connectivity index (χ1n) is 5.42. The highest BCUT2D eigenvalue weighted by Gasteiger charge is 2.06. The Balaban J connectivity index is 0.000000659. The highest BCUT2D eigenvalue weighted by atomic mass is 16.2. The van der Waals surface area contributed by atoms with Crippen molar-refractivity contribution >= 4 is 5.78 Å². The molecule has 0 radical (unpaired) electrons. The van der Waals surface area contributed by atoms with Gasteiger partial charge in [-0.15, -0.1) is 0 Å². The maximum Gasteiger partial charge on any atom is 0.193 e. The van der Waals surface area contributed by atoms with Crippen LogP contribution >= 0.6 is 0 Å². The molecule has 0 aliphatic heterocycles. The Hall–Kier alpha value is -1.97. The molecule has 0 saturated carbocycles. The summed E-state index contributed by atoms with van der Waals surface area (Å²) in [4.78, 5) is 11.8. The molecule has 2 rings (SSSR count). The lowest BCUT2D eigenvalue weighted by molar-refractivity contribution is 0.103. The van der Waals surface area contributed by atoms with Crippen LogP contribution in [0.15, 0.2) is 60.7 Å². The van der Waals surface area contributed by atoms with Gasteiger partial charge in [0.05, 0.1) is 0 Å². The lowest BCUT2D eigenvalue weighted by atomic mass is 10.0. The summed E-state index contributed by atoms with van der Waals surface area (Å²) in [6, 6.07) is 18.6. The number of benzene rings is 2. The van der Waals surface area contributed by atoms with E-state index < -0.39 is 0 Å². The van der Waals surface area contributed by atoms with Crippen LogP contribution in [0.1, 0.15) is 15.9 Å². The number of hydrogen-bond donors (Lipinski definition) is 2. The van der Waals surface area contributed by atoms with Crippen molar-refractivity contribution in [3.05, 3.63) is 71.8 Å². The molecule has 2 aromatic carbocycles. The van der Waals surface area contributed by atoms with Crippen LogP contribution in [-0.2, 0) is 0 Å². The van der Waals surface area contributed by atoms with Crippen LogP contribution in [0.2, 0.25) is 0 Å². The molecule has 0 aliphatic carbocycles. The van der Waals surface area contributed by atoms with Crippen LogP contribution in [0, 0.1) is 0 Å². The van der Waals surface area contributed by atoms with Gasteiger partial charge < -0.3 is 10.2 Å². The standard InChI is InChI=1S/C13H10O.2CH4O/c14-13(11-7-3-1-4-8-11)12-9-5-2-6-10-12;2*1-2/h1-10H;2*2H,1H3. The molecule has 2 N–H and O–H groups in total. The van der Waals surface area contributed by atoms with Gasteiger partial charge in [0.2, 0.25) is 0 Å². The SMILES string of the molecule is CO.CO.O=C(c1ccccc1)c1ccccc1. The molecule has 2 aromatic rings. The summed E-state index contributed by atoms with van der Waals surface area (Å²) in [7, 11) is 2.00. The van der Waals surface area contributed by atoms with E-state index in [2.05, 4.69) is 0 Å². The molecule has 3 nitrogen and oxygen atoms in total. The van der Waals surface area contributed by atoms with Gasteiger partial charge in [0, 0.05) is 25.3 Å². The lowest BCUT2D eigenvalue weighted by Gasteiger charge is -1.99. The van der Waals surface area contributed by atoms with E-state index in [0.717, 1.165) is 25.3 Å². The van der Waals surface area contributed by atoms with Crippen molar-refractivity contribution in [1.82, 2.24) is 0 Å². The molecule has 0 heterocycles. The number of ketones is 1. The van der Waals surface area contributed by atoms with E-state index >= 15 is 0 Å². The van der Waals surface area contributed by atoms with Crippen LogP contribution < -0.4 is 0 Å². The molecule has 0 amide bonds. The number of hydrogen-bond acceptors (Lipinski definition) is 3. The zero-order chi connectivity index (χ0) is 13.8. The highest BCUT2D eigenvalue weighted by Crippen LogP contribution is 2.08. The van der Waals surface area contributed by atoms with Crippen molar-refractivity contribution in [2.75, 3.05) is 14.2 Å². The first-order chi connectivity index (χ1) is 8.88. The van der Waals surface area contributed by atoms with Crippen molar-refractivity contribution in [2.45, 2.75) is 0 Å². The molecule has 96 valence electrons. The van der Waals surface area contributed by atoms with Crippen molar-refractivity contribution < 1.29 is 15.0 Å². The van der Waals surface area contributed by atoms with E-state index in [1.165, 1.54) is 0 Å². The molecule has 3 heteroatoms. The largest absolute Gasteiger partial charge is 0.400 e. The second-order valence-electron chi connectivity index (χ2n) is 3.06. The smallest absolute Gasteiger partial charge is 0.193 e. The molecule has 0 saturated heterocycles. The van der Waals surface area contributed by atoms with Crippen LogP contribution in [0.4, 0.5) is 0 Å². The fourth-order valence-corrected chi connectivity index (χ4v) is 1.35.